The molecule has 3 aromatic carbocycles. The summed E-state index contributed by atoms with van der Waals surface area (Å²) in [5.74, 6) is -0.688. The molecule has 2 amide bonds. The van der Waals surface area contributed by atoms with Crippen LogP contribution in [0.1, 0.15) is 50.2 Å². The number of amides is 2. The van der Waals surface area contributed by atoms with E-state index in [9.17, 15) is 9.59 Å². The molecule has 0 saturated carbocycles. The summed E-state index contributed by atoms with van der Waals surface area (Å²) in [6, 6.07) is 20.4. The van der Waals surface area contributed by atoms with E-state index in [1.54, 1.807) is 25.1 Å². The van der Waals surface area contributed by atoms with E-state index in [1.807, 2.05) is 55.5 Å². The van der Waals surface area contributed by atoms with Gasteiger partial charge in [0, 0.05) is 16.3 Å². The fraction of sp³-hybridized carbons (Fsp3) is 0.286. The van der Waals surface area contributed by atoms with Crippen molar-refractivity contribution >= 4 is 34.8 Å². The molecule has 1 heterocycles. The monoisotopic (exact) mass is 475 g/mol. The van der Waals surface area contributed by atoms with Crippen LogP contribution in [0.15, 0.2) is 66.7 Å². The Kier molecular flexibility index (Phi) is 7.05. The Hall–Kier alpha value is -3.15. The second-order valence-corrected chi connectivity index (χ2v) is 9.42. The summed E-state index contributed by atoms with van der Waals surface area (Å²) in [5.41, 5.74) is 11.1. The lowest BCUT2D eigenvalue weighted by Crippen LogP contribution is -2.49. The molecular formula is C28H30ClN3O2. The first kappa shape index (κ1) is 24.0. The lowest BCUT2D eigenvalue weighted by molar-refractivity contribution is -0.128. The SMILES string of the molecule is CC(CCN[C@@H](C)C(=O)N1C(=O)C(C)c2ccccc2-c2c(N)cccc21)c1ccc(Cl)cc1. The third-order valence-electron chi connectivity index (χ3n) is 6.66. The van der Waals surface area contributed by atoms with Crippen LogP contribution in [0.25, 0.3) is 11.1 Å². The maximum Gasteiger partial charge on any atom is 0.250 e. The summed E-state index contributed by atoms with van der Waals surface area (Å²) in [5, 5.41) is 4.03. The van der Waals surface area contributed by atoms with E-state index in [0.717, 1.165) is 23.1 Å². The summed E-state index contributed by atoms with van der Waals surface area (Å²) in [7, 11) is 0. The molecule has 1 aliphatic heterocycles. The number of fused-ring (bicyclic) bond motifs is 3. The molecule has 0 spiro atoms. The summed E-state index contributed by atoms with van der Waals surface area (Å²) >= 11 is 5.99. The van der Waals surface area contributed by atoms with E-state index >= 15 is 0 Å². The highest BCUT2D eigenvalue weighted by Crippen LogP contribution is 2.44. The van der Waals surface area contributed by atoms with Crippen LogP contribution in [0.2, 0.25) is 5.02 Å². The molecule has 6 heteroatoms. The Bertz CT molecular complexity index is 1210. The van der Waals surface area contributed by atoms with Crippen LogP contribution >= 0.6 is 11.6 Å². The topological polar surface area (TPSA) is 75.4 Å². The molecule has 0 aliphatic carbocycles. The van der Waals surface area contributed by atoms with Crippen molar-refractivity contribution in [1.82, 2.24) is 5.32 Å². The first-order chi connectivity index (χ1) is 16.3. The number of nitrogens with one attached hydrogen (secondary N) is 1. The molecule has 0 fully saturated rings. The Balaban J connectivity index is 1.55. The van der Waals surface area contributed by atoms with Crippen molar-refractivity contribution in [3.63, 3.8) is 0 Å². The fourth-order valence-electron chi connectivity index (χ4n) is 4.57. The van der Waals surface area contributed by atoms with Crippen LogP contribution in [-0.2, 0) is 9.59 Å². The van der Waals surface area contributed by atoms with Gasteiger partial charge in [-0.25, -0.2) is 4.90 Å². The largest absolute Gasteiger partial charge is 0.398 e. The number of rotatable bonds is 6. The smallest absolute Gasteiger partial charge is 0.250 e. The van der Waals surface area contributed by atoms with Crippen LogP contribution < -0.4 is 16.0 Å². The van der Waals surface area contributed by atoms with Crippen LogP contribution in [0.4, 0.5) is 11.4 Å². The lowest BCUT2D eigenvalue weighted by atomic mass is 9.92. The zero-order valence-corrected chi connectivity index (χ0v) is 20.5. The molecule has 4 rings (SSSR count). The van der Waals surface area contributed by atoms with E-state index in [2.05, 4.69) is 12.2 Å². The summed E-state index contributed by atoms with van der Waals surface area (Å²) in [4.78, 5) is 28.5. The number of hydrogen-bond acceptors (Lipinski definition) is 4. The Labute approximate surface area is 205 Å². The minimum absolute atomic E-state index is 0.245. The molecule has 176 valence electrons. The van der Waals surface area contributed by atoms with Gasteiger partial charge in [-0.05, 0) is 73.7 Å². The number of nitrogens with two attached hydrogens (primary N) is 1. The Morgan fingerprint density at radius 3 is 2.50 bits per heavy atom. The van der Waals surface area contributed by atoms with E-state index in [1.165, 1.54) is 10.5 Å². The van der Waals surface area contributed by atoms with Crippen LogP contribution in [0, 0.1) is 0 Å². The molecule has 0 radical (unpaired) electrons. The van der Waals surface area contributed by atoms with Crippen LogP contribution in [0.3, 0.4) is 0 Å². The predicted octanol–water partition coefficient (Wildman–Crippen LogP) is 5.74. The average Bonchev–Trinajstić information content (AvgIpc) is 2.92. The van der Waals surface area contributed by atoms with E-state index in [0.29, 0.717) is 28.9 Å². The molecule has 0 aromatic heterocycles. The quantitative estimate of drug-likeness (QED) is 0.446. The number of imide groups is 1. The van der Waals surface area contributed by atoms with Gasteiger partial charge >= 0.3 is 0 Å². The van der Waals surface area contributed by atoms with E-state index in [-0.39, 0.29) is 11.8 Å². The standard InChI is InChI=1S/C28H30ClN3O2/c1-17(20-11-13-21(29)14-12-20)15-16-31-19(3)28(34)32-25-10-6-9-24(30)26(25)23-8-5-4-7-22(23)18(2)27(32)33/h4-14,17-19,31H,15-16,30H2,1-3H3/t17?,18?,19-/m0/s1. The molecule has 34 heavy (non-hydrogen) atoms. The van der Waals surface area contributed by atoms with Crippen molar-refractivity contribution in [3.8, 4) is 11.1 Å². The number of benzene rings is 3. The first-order valence-electron chi connectivity index (χ1n) is 11.6. The van der Waals surface area contributed by atoms with Crippen molar-refractivity contribution in [2.45, 2.75) is 45.1 Å². The predicted molar refractivity (Wildman–Crippen MR) is 139 cm³/mol. The molecule has 1 aliphatic rings. The van der Waals surface area contributed by atoms with Gasteiger partial charge in [-0.3, -0.25) is 9.59 Å². The molecule has 5 nitrogen and oxygen atoms in total. The van der Waals surface area contributed by atoms with Crippen LogP contribution in [-0.4, -0.2) is 24.4 Å². The third kappa shape index (κ3) is 4.59. The molecule has 3 aromatic rings. The molecular weight excluding hydrogens is 446 g/mol. The van der Waals surface area contributed by atoms with Gasteiger partial charge in [0.1, 0.15) is 0 Å². The van der Waals surface area contributed by atoms with Gasteiger partial charge in [0.05, 0.1) is 17.6 Å². The highest BCUT2D eigenvalue weighted by molar-refractivity contribution is 6.30. The minimum atomic E-state index is -0.538. The van der Waals surface area contributed by atoms with Crippen molar-refractivity contribution in [2.24, 2.45) is 0 Å². The van der Waals surface area contributed by atoms with Gasteiger partial charge in [0.15, 0.2) is 0 Å². The van der Waals surface area contributed by atoms with Crippen molar-refractivity contribution < 1.29 is 9.59 Å². The number of anilines is 2. The van der Waals surface area contributed by atoms with Crippen molar-refractivity contribution in [2.75, 3.05) is 17.2 Å². The molecule has 3 atom stereocenters. The summed E-state index contributed by atoms with van der Waals surface area (Å²) in [6.45, 7) is 6.43. The molecule has 0 saturated heterocycles. The molecule has 2 unspecified atom stereocenters. The number of carbonyl (C=O) groups excluding carboxylic acids is 2. The number of nitrogen functional groups attached to an aromatic ring is 1. The zero-order valence-electron chi connectivity index (χ0n) is 19.7. The number of halogens is 1. The maximum atomic E-state index is 13.6. The Morgan fingerprint density at radius 1 is 1.06 bits per heavy atom. The van der Waals surface area contributed by atoms with E-state index < -0.39 is 12.0 Å². The maximum absolute atomic E-state index is 13.6. The number of hydrogen-bond donors (Lipinski definition) is 2. The van der Waals surface area contributed by atoms with Crippen LogP contribution in [0.5, 0.6) is 0 Å². The van der Waals surface area contributed by atoms with Gasteiger partial charge in [-0.15, -0.1) is 0 Å². The first-order valence-corrected chi connectivity index (χ1v) is 12.0. The lowest BCUT2D eigenvalue weighted by Gasteiger charge is -2.27. The number of nitrogens with zero attached hydrogens (tertiary/aromatic N) is 1. The highest BCUT2D eigenvalue weighted by atomic mass is 35.5. The van der Waals surface area contributed by atoms with Gasteiger partial charge in [-0.1, -0.05) is 61.0 Å². The van der Waals surface area contributed by atoms with Gasteiger partial charge < -0.3 is 11.1 Å². The highest BCUT2D eigenvalue weighted by Gasteiger charge is 2.37. The van der Waals surface area contributed by atoms with Crippen molar-refractivity contribution in [1.29, 1.82) is 0 Å². The Morgan fingerprint density at radius 2 is 1.76 bits per heavy atom. The minimum Gasteiger partial charge on any atom is -0.398 e. The molecule has 3 N–H and O–H groups in total. The average molecular weight is 476 g/mol. The molecule has 0 bridgehead atoms. The van der Waals surface area contributed by atoms with Gasteiger partial charge in [0.2, 0.25) is 5.91 Å². The van der Waals surface area contributed by atoms with E-state index in [4.69, 9.17) is 17.3 Å². The second-order valence-electron chi connectivity index (χ2n) is 8.98. The normalized spacial score (nSPS) is 16.9. The zero-order chi connectivity index (χ0) is 24.4. The van der Waals surface area contributed by atoms with Gasteiger partial charge in [-0.2, -0.15) is 0 Å². The van der Waals surface area contributed by atoms with Gasteiger partial charge in [0.25, 0.3) is 5.91 Å². The fourth-order valence-corrected chi connectivity index (χ4v) is 4.69. The summed E-state index contributed by atoms with van der Waals surface area (Å²) in [6.07, 6.45) is 0.846. The summed E-state index contributed by atoms with van der Waals surface area (Å²) < 4.78 is 0. The second kappa shape index (κ2) is 10.00. The third-order valence-corrected chi connectivity index (χ3v) is 6.91. The van der Waals surface area contributed by atoms with Crippen molar-refractivity contribution in [3.05, 3.63) is 82.9 Å². The number of carbonyl (C=O) groups is 2.